The molecule has 7 nitrogen and oxygen atoms in total. The van der Waals surface area contributed by atoms with E-state index in [4.69, 9.17) is 0 Å². The summed E-state index contributed by atoms with van der Waals surface area (Å²) in [6.07, 6.45) is 5.93. The van der Waals surface area contributed by atoms with E-state index in [1.54, 1.807) is 6.20 Å². The fraction of sp³-hybridized carbons (Fsp3) is 0.500. The molecule has 1 aliphatic heterocycles. The van der Waals surface area contributed by atoms with Crippen molar-refractivity contribution >= 4 is 27.5 Å². The minimum atomic E-state index is 0.0621. The third kappa shape index (κ3) is 5.52. The standard InChI is InChI=1S/C24H29BrN6O/c1-29-10-12-30(13-11-29)16-18-6-8-19(9-7-18)22(32)17-31(20-4-2-3-5-20)24-21(25)15-27-23(14-26)28-24/h6-9,15,20H,2-5,10-13,16-17H2,1H3. The molecule has 2 aliphatic rings. The number of hydrogen-bond acceptors (Lipinski definition) is 7. The van der Waals surface area contributed by atoms with Gasteiger partial charge in [-0.05, 0) is 41.4 Å². The van der Waals surface area contributed by atoms with Crippen LogP contribution in [-0.4, -0.2) is 71.4 Å². The maximum absolute atomic E-state index is 13.2. The Kier molecular flexibility index (Phi) is 7.51. The number of carbonyl (C=O) groups is 1. The molecule has 1 aromatic heterocycles. The lowest BCUT2D eigenvalue weighted by Crippen LogP contribution is -2.43. The lowest BCUT2D eigenvalue weighted by molar-refractivity contribution is 0.0996. The molecular formula is C24H29BrN6O. The van der Waals surface area contributed by atoms with E-state index < -0.39 is 0 Å². The summed E-state index contributed by atoms with van der Waals surface area (Å²) in [6.45, 7) is 5.50. The molecule has 8 heteroatoms. The van der Waals surface area contributed by atoms with Gasteiger partial charge in [0.2, 0.25) is 5.82 Å². The van der Waals surface area contributed by atoms with Crippen LogP contribution in [0, 0.1) is 11.3 Å². The summed E-state index contributed by atoms with van der Waals surface area (Å²) in [4.78, 5) is 28.5. The lowest BCUT2D eigenvalue weighted by Gasteiger charge is -2.32. The fourth-order valence-electron chi connectivity index (χ4n) is 4.51. The summed E-state index contributed by atoms with van der Waals surface area (Å²) in [5.41, 5.74) is 1.94. The van der Waals surface area contributed by atoms with Crippen molar-refractivity contribution in [2.75, 3.05) is 44.7 Å². The fourth-order valence-corrected chi connectivity index (χ4v) is 4.93. The van der Waals surface area contributed by atoms with Crippen LogP contribution in [0.1, 0.15) is 47.4 Å². The van der Waals surface area contributed by atoms with Gasteiger partial charge in [0.1, 0.15) is 11.9 Å². The predicted octanol–water partition coefficient (Wildman–Crippen LogP) is 3.49. The molecule has 0 unspecified atom stereocenters. The molecule has 32 heavy (non-hydrogen) atoms. The summed E-state index contributed by atoms with van der Waals surface area (Å²) < 4.78 is 0.707. The number of halogens is 1. The van der Waals surface area contributed by atoms with E-state index in [1.807, 2.05) is 18.2 Å². The van der Waals surface area contributed by atoms with Crippen molar-refractivity contribution in [3.63, 3.8) is 0 Å². The van der Waals surface area contributed by atoms with Crippen LogP contribution in [0.4, 0.5) is 5.82 Å². The van der Waals surface area contributed by atoms with Gasteiger partial charge in [-0.2, -0.15) is 5.26 Å². The Labute approximate surface area is 198 Å². The van der Waals surface area contributed by atoms with E-state index in [2.05, 4.69) is 59.8 Å². The molecule has 0 radical (unpaired) electrons. The minimum absolute atomic E-state index is 0.0621. The summed E-state index contributed by atoms with van der Waals surface area (Å²) in [5.74, 6) is 0.808. The van der Waals surface area contributed by atoms with Crippen molar-refractivity contribution in [3.05, 3.63) is 51.9 Å². The summed E-state index contributed by atoms with van der Waals surface area (Å²) >= 11 is 3.52. The van der Waals surface area contributed by atoms with Crippen LogP contribution >= 0.6 is 15.9 Å². The van der Waals surface area contributed by atoms with Gasteiger partial charge in [-0.25, -0.2) is 9.97 Å². The predicted molar refractivity (Wildman–Crippen MR) is 128 cm³/mol. The van der Waals surface area contributed by atoms with Gasteiger partial charge in [-0.15, -0.1) is 0 Å². The molecule has 168 valence electrons. The van der Waals surface area contributed by atoms with Crippen LogP contribution in [0.25, 0.3) is 0 Å². The number of piperazine rings is 1. The number of rotatable bonds is 7. The topological polar surface area (TPSA) is 76.4 Å². The zero-order valence-corrected chi connectivity index (χ0v) is 20.1. The zero-order chi connectivity index (χ0) is 22.5. The Balaban J connectivity index is 1.47. The van der Waals surface area contributed by atoms with Gasteiger partial charge in [0.15, 0.2) is 5.78 Å². The first kappa shape index (κ1) is 22.8. The lowest BCUT2D eigenvalue weighted by atomic mass is 10.1. The van der Waals surface area contributed by atoms with Gasteiger partial charge in [-0.3, -0.25) is 9.69 Å². The summed E-state index contributed by atoms with van der Waals surface area (Å²) in [6, 6.07) is 10.3. The maximum atomic E-state index is 13.2. The molecule has 1 aromatic carbocycles. The summed E-state index contributed by atoms with van der Waals surface area (Å²) in [7, 11) is 2.16. The number of ketones is 1. The molecule has 2 heterocycles. The molecule has 1 aliphatic carbocycles. The van der Waals surface area contributed by atoms with E-state index in [1.165, 1.54) is 5.56 Å². The molecule has 0 atom stereocenters. The third-order valence-corrected chi connectivity index (χ3v) is 7.01. The number of anilines is 1. The number of benzene rings is 1. The SMILES string of the molecule is CN1CCN(Cc2ccc(C(=O)CN(c3nc(C#N)ncc3Br)C3CCCC3)cc2)CC1. The quantitative estimate of drug-likeness (QED) is 0.542. The number of nitriles is 1. The van der Waals surface area contributed by atoms with Gasteiger partial charge in [-0.1, -0.05) is 37.1 Å². The second kappa shape index (κ2) is 10.5. The Morgan fingerprint density at radius 1 is 1.19 bits per heavy atom. The van der Waals surface area contributed by atoms with Crippen molar-refractivity contribution in [3.8, 4) is 6.07 Å². The van der Waals surface area contributed by atoms with E-state index in [9.17, 15) is 10.1 Å². The monoisotopic (exact) mass is 496 g/mol. The van der Waals surface area contributed by atoms with Crippen LogP contribution < -0.4 is 4.90 Å². The van der Waals surface area contributed by atoms with Gasteiger partial charge in [0, 0.05) is 50.5 Å². The average molecular weight is 497 g/mol. The van der Waals surface area contributed by atoms with Gasteiger partial charge < -0.3 is 9.80 Å². The maximum Gasteiger partial charge on any atom is 0.234 e. The zero-order valence-electron chi connectivity index (χ0n) is 18.5. The highest BCUT2D eigenvalue weighted by atomic mass is 79.9. The molecule has 0 amide bonds. The number of nitrogens with zero attached hydrogens (tertiary/aromatic N) is 6. The van der Waals surface area contributed by atoms with E-state index in [0.717, 1.165) is 58.4 Å². The molecule has 0 N–H and O–H groups in total. The number of carbonyl (C=O) groups excluding carboxylic acids is 1. The van der Waals surface area contributed by atoms with Gasteiger partial charge in [0.25, 0.3) is 0 Å². The molecule has 2 fully saturated rings. The molecule has 1 saturated carbocycles. The number of hydrogen-bond donors (Lipinski definition) is 0. The molecule has 1 saturated heterocycles. The normalized spacial score (nSPS) is 17.9. The van der Waals surface area contributed by atoms with Crippen molar-refractivity contribution in [2.24, 2.45) is 0 Å². The van der Waals surface area contributed by atoms with E-state index >= 15 is 0 Å². The van der Waals surface area contributed by atoms with E-state index in [0.29, 0.717) is 15.9 Å². The molecule has 2 aromatic rings. The van der Waals surface area contributed by atoms with Crippen molar-refractivity contribution in [2.45, 2.75) is 38.3 Å². The Morgan fingerprint density at radius 2 is 1.88 bits per heavy atom. The van der Waals surface area contributed by atoms with Crippen LogP contribution in [0.5, 0.6) is 0 Å². The van der Waals surface area contributed by atoms with Crippen molar-refractivity contribution < 1.29 is 4.79 Å². The minimum Gasteiger partial charge on any atom is -0.345 e. The first-order chi connectivity index (χ1) is 15.5. The molecule has 0 spiro atoms. The highest BCUT2D eigenvalue weighted by Gasteiger charge is 2.28. The van der Waals surface area contributed by atoms with Gasteiger partial charge in [0.05, 0.1) is 11.0 Å². The first-order valence-corrected chi connectivity index (χ1v) is 12.0. The Hall–Kier alpha value is -2.34. The Morgan fingerprint density at radius 3 is 2.53 bits per heavy atom. The summed E-state index contributed by atoms with van der Waals surface area (Å²) in [5, 5.41) is 9.23. The molecular weight excluding hydrogens is 468 g/mol. The van der Waals surface area contributed by atoms with Crippen LogP contribution in [-0.2, 0) is 6.54 Å². The second-order valence-corrected chi connectivity index (χ2v) is 9.60. The Bertz CT molecular complexity index is 975. The first-order valence-electron chi connectivity index (χ1n) is 11.3. The molecule has 4 rings (SSSR count). The van der Waals surface area contributed by atoms with Crippen LogP contribution in [0.3, 0.4) is 0 Å². The number of likely N-dealkylation sites (N-methyl/N-ethyl adjacent to an activating group) is 1. The largest absolute Gasteiger partial charge is 0.345 e. The number of aromatic nitrogens is 2. The number of Topliss-reactive ketones (excluding diaryl/α,β-unsaturated/α-hetero) is 1. The van der Waals surface area contributed by atoms with Crippen molar-refractivity contribution in [1.82, 2.24) is 19.8 Å². The highest BCUT2D eigenvalue weighted by Crippen LogP contribution is 2.31. The average Bonchev–Trinajstić information content (AvgIpc) is 3.35. The van der Waals surface area contributed by atoms with Crippen molar-refractivity contribution in [1.29, 1.82) is 5.26 Å². The second-order valence-electron chi connectivity index (χ2n) is 8.74. The highest BCUT2D eigenvalue weighted by molar-refractivity contribution is 9.10. The van der Waals surface area contributed by atoms with Gasteiger partial charge >= 0.3 is 0 Å². The van der Waals surface area contributed by atoms with E-state index in [-0.39, 0.29) is 24.2 Å². The molecule has 0 bridgehead atoms. The van der Waals surface area contributed by atoms with Crippen LogP contribution in [0.15, 0.2) is 34.9 Å². The third-order valence-electron chi connectivity index (χ3n) is 6.46. The van der Waals surface area contributed by atoms with Crippen LogP contribution in [0.2, 0.25) is 0 Å². The smallest absolute Gasteiger partial charge is 0.234 e.